The number of hydrogen-bond donors (Lipinski definition) is 2. The number of piperidine rings is 1. The van der Waals surface area contributed by atoms with Crippen molar-refractivity contribution in [3.05, 3.63) is 0 Å². The molecular weight excluding hydrogens is 377 g/mol. The molecule has 1 heterocycles. The van der Waals surface area contributed by atoms with Crippen LogP contribution in [0.3, 0.4) is 0 Å². The Morgan fingerprint density at radius 2 is 1.76 bits per heavy atom. The Morgan fingerprint density at radius 3 is 2.33 bits per heavy atom. The van der Waals surface area contributed by atoms with E-state index in [0.717, 1.165) is 32.1 Å². The molecule has 126 valence electrons. The van der Waals surface area contributed by atoms with Crippen LogP contribution in [-0.2, 0) is 0 Å². The van der Waals surface area contributed by atoms with Crippen molar-refractivity contribution in [2.75, 3.05) is 53.4 Å². The third-order valence-corrected chi connectivity index (χ3v) is 4.03. The summed E-state index contributed by atoms with van der Waals surface area (Å²) in [5, 5.41) is 6.77. The number of guanidine groups is 1. The molecule has 0 radical (unpaired) electrons. The number of aliphatic imine (C=N–C) groups is 1. The van der Waals surface area contributed by atoms with Gasteiger partial charge in [0.15, 0.2) is 5.96 Å². The Labute approximate surface area is 148 Å². The van der Waals surface area contributed by atoms with E-state index < -0.39 is 0 Å². The van der Waals surface area contributed by atoms with E-state index in [1.807, 2.05) is 7.05 Å². The van der Waals surface area contributed by atoms with E-state index in [2.05, 4.69) is 46.3 Å². The van der Waals surface area contributed by atoms with Crippen molar-refractivity contribution in [2.45, 2.75) is 39.2 Å². The lowest BCUT2D eigenvalue weighted by atomic mass is 10.1. The van der Waals surface area contributed by atoms with Gasteiger partial charge < -0.3 is 20.4 Å². The topological polar surface area (TPSA) is 42.9 Å². The first-order valence-electron chi connectivity index (χ1n) is 8.00. The monoisotopic (exact) mass is 411 g/mol. The van der Waals surface area contributed by atoms with E-state index in [-0.39, 0.29) is 24.0 Å². The van der Waals surface area contributed by atoms with Crippen LogP contribution in [0.25, 0.3) is 0 Å². The van der Waals surface area contributed by atoms with Crippen LogP contribution < -0.4 is 10.6 Å². The van der Waals surface area contributed by atoms with Crippen molar-refractivity contribution in [2.24, 2.45) is 4.99 Å². The van der Waals surface area contributed by atoms with Gasteiger partial charge in [-0.2, -0.15) is 0 Å². The summed E-state index contributed by atoms with van der Waals surface area (Å²) >= 11 is 0. The highest BCUT2D eigenvalue weighted by Crippen LogP contribution is 2.07. The van der Waals surface area contributed by atoms with Crippen LogP contribution in [0, 0.1) is 0 Å². The molecule has 0 aliphatic carbocycles. The quantitative estimate of drug-likeness (QED) is 0.380. The largest absolute Gasteiger partial charge is 0.355 e. The Hall–Kier alpha value is -0.0800. The molecule has 21 heavy (non-hydrogen) atoms. The summed E-state index contributed by atoms with van der Waals surface area (Å²) in [6, 6.07) is 0.589. The second-order valence-electron chi connectivity index (χ2n) is 5.90. The summed E-state index contributed by atoms with van der Waals surface area (Å²) in [6.07, 6.45) is 4.11. The van der Waals surface area contributed by atoms with Crippen molar-refractivity contribution in [1.29, 1.82) is 0 Å². The van der Waals surface area contributed by atoms with Crippen molar-refractivity contribution in [3.8, 4) is 0 Å². The third-order valence-electron chi connectivity index (χ3n) is 4.03. The van der Waals surface area contributed by atoms with E-state index in [0.29, 0.717) is 6.04 Å². The molecule has 2 N–H and O–H groups in total. The summed E-state index contributed by atoms with van der Waals surface area (Å²) in [7, 11) is 3.99. The van der Waals surface area contributed by atoms with Crippen molar-refractivity contribution < 1.29 is 0 Å². The van der Waals surface area contributed by atoms with Crippen LogP contribution in [-0.4, -0.2) is 75.2 Å². The fourth-order valence-corrected chi connectivity index (χ4v) is 2.34. The highest BCUT2D eigenvalue weighted by atomic mass is 127. The first-order chi connectivity index (χ1) is 9.63. The SMILES string of the molecule is CN=C(NCCN1CCCCC1)NCCN(C)C(C)C.I. The molecule has 0 aromatic heterocycles. The Morgan fingerprint density at radius 1 is 1.14 bits per heavy atom. The number of likely N-dealkylation sites (N-methyl/N-ethyl adjacent to an activating group) is 1. The van der Waals surface area contributed by atoms with Crippen LogP contribution in [0.5, 0.6) is 0 Å². The number of halogens is 1. The predicted octanol–water partition coefficient (Wildman–Crippen LogP) is 1.60. The van der Waals surface area contributed by atoms with Crippen LogP contribution in [0.1, 0.15) is 33.1 Å². The molecule has 5 nitrogen and oxygen atoms in total. The molecule has 1 aliphatic heterocycles. The van der Waals surface area contributed by atoms with Crippen LogP contribution in [0.4, 0.5) is 0 Å². The fraction of sp³-hybridized carbons (Fsp3) is 0.933. The predicted molar refractivity (Wildman–Crippen MR) is 103 cm³/mol. The molecular formula is C15H34IN5. The first-order valence-corrected chi connectivity index (χ1v) is 8.00. The Bertz CT molecular complexity index is 277. The lowest BCUT2D eigenvalue weighted by molar-refractivity contribution is 0.232. The Balaban J connectivity index is 0.00000400. The lowest BCUT2D eigenvalue weighted by Crippen LogP contribution is -2.45. The second kappa shape index (κ2) is 12.5. The van der Waals surface area contributed by atoms with Gasteiger partial charge in [-0.3, -0.25) is 4.99 Å². The van der Waals surface area contributed by atoms with Gasteiger partial charge >= 0.3 is 0 Å². The molecule has 1 rings (SSSR count). The standard InChI is InChI=1S/C15H33N5.HI/c1-14(2)19(4)12-8-17-15(16-3)18-9-13-20-10-6-5-7-11-20;/h14H,5-13H2,1-4H3,(H2,16,17,18);1H. The molecule has 0 saturated carbocycles. The van der Waals surface area contributed by atoms with Gasteiger partial charge in [0.1, 0.15) is 0 Å². The van der Waals surface area contributed by atoms with Gasteiger partial charge in [-0.1, -0.05) is 6.42 Å². The van der Waals surface area contributed by atoms with Gasteiger partial charge in [0.2, 0.25) is 0 Å². The zero-order valence-corrected chi connectivity index (χ0v) is 16.5. The maximum absolute atomic E-state index is 4.27. The van der Waals surface area contributed by atoms with Gasteiger partial charge in [0, 0.05) is 39.3 Å². The average molecular weight is 411 g/mol. The van der Waals surface area contributed by atoms with E-state index >= 15 is 0 Å². The summed E-state index contributed by atoms with van der Waals surface area (Å²) < 4.78 is 0. The molecule has 0 amide bonds. The zero-order valence-electron chi connectivity index (χ0n) is 14.2. The molecule has 1 fully saturated rings. The zero-order chi connectivity index (χ0) is 14.8. The van der Waals surface area contributed by atoms with Gasteiger partial charge in [0.25, 0.3) is 0 Å². The van der Waals surface area contributed by atoms with E-state index in [9.17, 15) is 0 Å². The van der Waals surface area contributed by atoms with E-state index in [1.165, 1.54) is 32.4 Å². The van der Waals surface area contributed by atoms with Crippen molar-refractivity contribution in [1.82, 2.24) is 20.4 Å². The molecule has 1 saturated heterocycles. The van der Waals surface area contributed by atoms with E-state index in [1.54, 1.807) is 0 Å². The first kappa shape index (κ1) is 20.9. The van der Waals surface area contributed by atoms with Crippen LogP contribution >= 0.6 is 24.0 Å². The minimum absolute atomic E-state index is 0. The molecule has 0 atom stereocenters. The van der Waals surface area contributed by atoms with Crippen LogP contribution in [0.15, 0.2) is 4.99 Å². The second-order valence-corrected chi connectivity index (χ2v) is 5.90. The van der Waals surface area contributed by atoms with Gasteiger partial charge in [-0.15, -0.1) is 24.0 Å². The third kappa shape index (κ3) is 9.52. The summed E-state index contributed by atoms with van der Waals surface area (Å²) in [5.41, 5.74) is 0. The molecule has 1 aliphatic rings. The normalized spacial score (nSPS) is 17.0. The molecule has 0 unspecified atom stereocenters. The molecule has 6 heteroatoms. The smallest absolute Gasteiger partial charge is 0.191 e. The summed E-state index contributed by atoms with van der Waals surface area (Å²) in [4.78, 5) is 9.14. The average Bonchev–Trinajstić information content (AvgIpc) is 2.46. The molecule has 0 aromatic carbocycles. The minimum atomic E-state index is 0. The van der Waals surface area contributed by atoms with Crippen molar-refractivity contribution in [3.63, 3.8) is 0 Å². The van der Waals surface area contributed by atoms with Crippen molar-refractivity contribution >= 4 is 29.9 Å². The molecule has 0 spiro atoms. The van der Waals surface area contributed by atoms with Gasteiger partial charge in [-0.05, 0) is 46.8 Å². The minimum Gasteiger partial charge on any atom is -0.355 e. The number of nitrogens with zero attached hydrogens (tertiary/aromatic N) is 3. The highest BCUT2D eigenvalue weighted by Gasteiger charge is 2.09. The number of nitrogens with one attached hydrogen (secondary N) is 2. The van der Waals surface area contributed by atoms with Crippen LogP contribution in [0.2, 0.25) is 0 Å². The molecule has 0 bridgehead atoms. The Kier molecular flexibility index (Phi) is 12.4. The lowest BCUT2D eigenvalue weighted by Gasteiger charge is -2.26. The summed E-state index contributed by atoms with van der Waals surface area (Å²) in [5.74, 6) is 0.916. The number of rotatable bonds is 7. The van der Waals surface area contributed by atoms with E-state index in [4.69, 9.17) is 0 Å². The number of likely N-dealkylation sites (tertiary alicyclic amines) is 1. The maximum atomic E-state index is 4.27. The highest BCUT2D eigenvalue weighted by molar-refractivity contribution is 14.0. The number of hydrogen-bond acceptors (Lipinski definition) is 3. The van der Waals surface area contributed by atoms with Gasteiger partial charge in [-0.25, -0.2) is 0 Å². The summed E-state index contributed by atoms with van der Waals surface area (Å²) in [6.45, 7) is 11.0. The molecule has 0 aromatic rings. The fourth-order valence-electron chi connectivity index (χ4n) is 2.34. The maximum Gasteiger partial charge on any atom is 0.191 e. The van der Waals surface area contributed by atoms with Gasteiger partial charge in [0.05, 0.1) is 0 Å².